The molecule has 0 spiro atoms. The van der Waals surface area contributed by atoms with Crippen molar-refractivity contribution in [1.29, 1.82) is 0 Å². The van der Waals surface area contributed by atoms with Gasteiger partial charge in [0, 0.05) is 6.42 Å². The number of aliphatic carboxylic acids is 1. The highest BCUT2D eigenvalue weighted by molar-refractivity contribution is 5.80. The number of fused-ring (bicyclic) bond motifs is 1. The molecule has 0 bridgehead atoms. The molecule has 1 aliphatic carbocycles. The van der Waals surface area contributed by atoms with E-state index in [4.69, 9.17) is 15.4 Å². The molecule has 4 N–H and O–H groups in total. The lowest BCUT2D eigenvalue weighted by molar-refractivity contribution is -0.144. The molecule has 0 amide bonds. The Bertz CT molecular complexity index is 447. The molecule has 0 aliphatic heterocycles. The number of nitrogens with one attached hydrogen (secondary N) is 1. The fourth-order valence-corrected chi connectivity index (χ4v) is 1.99. The lowest BCUT2D eigenvalue weighted by atomic mass is 9.88. The van der Waals surface area contributed by atoms with Crippen molar-refractivity contribution in [3.05, 3.63) is 21.7 Å². The molecular weight excluding hydrogens is 200 g/mol. The summed E-state index contributed by atoms with van der Waals surface area (Å²) in [6.45, 7) is 0. The van der Waals surface area contributed by atoms with Gasteiger partial charge >= 0.3 is 5.97 Å². The number of carboxylic acid groups (broad SMARTS) is 1. The van der Waals surface area contributed by atoms with E-state index in [0.29, 0.717) is 18.6 Å². The predicted molar refractivity (Wildman–Crippen MR) is 50.4 cm³/mol. The van der Waals surface area contributed by atoms with Crippen LogP contribution < -0.4 is 11.3 Å². The highest BCUT2D eigenvalue weighted by atomic mass is 16.5. The number of hydrogen-bond donors (Lipinski definition) is 3. The van der Waals surface area contributed by atoms with Gasteiger partial charge in [0.25, 0.3) is 5.56 Å². The minimum atomic E-state index is -1.60. The zero-order valence-electron chi connectivity index (χ0n) is 8.08. The Morgan fingerprint density at radius 2 is 2.27 bits per heavy atom. The molecule has 82 valence electrons. The van der Waals surface area contributed by atoms with Gasteiger partial charge in [0.2, 0.25) is 0 Å². The molecule has 1 aliphatic rings. The predicted octanol–water partition coefficient (Wildman–Crippen LogP) is -0.0671. The maximum absolute atomic E-state index is 11.4. The van der Waals surface area contributed by atoms with Gasteiger partial charge in [-0.3, -0.25) is 4.79 Å². The van der Waals surface area contributed by atoms with Crippen molar-refractivity contribution < 1.29 is 14.4 Å². The van der Waals surface area contributed by atoms with Gasteiger partial charge in [0.15, 0.2) is 0 Å². The van der Waals surface area contributed by atoms with Gasteiger partial charge in [-0.15, -0.1) is 0 Å². The second kappa shape index (κ2) is 3.23. The first-order valence-corrected chi connectivity index (χ1v) is 4.79. The molecule has 0 fully saturated rings. The Kier molecular flexibility index (Phi) is 2.15. The highest BCUT2D eigenvalue weighted by Gasteiger charge is 2.43. The largest absolute Gasteiger partial charge is 0.480 e. The number of hydrogen-bond acceptors (Lipinski definition) is 4. The number of nitrogens with two attached hydrogens (primary N) is 1. The van der Waals surface area contributed by atoms with Crippen LogP contribution in [0.25, 0.3) is 0 Å². The molecule has 15 heavy (non-hydrogen) atoms. The van der Waals surface area contributed by atoms with E-state index in [1.165, 1.54) is 0 Å². The number of rotatable bonds is 1. The van der Waals surface area contributed by atoms with Crippen molar-refractivity contribution in [3.63, 3.8) is 0 Å². The van der Waals surface area contributed by atoms with E-state index in [9.17, 15) is 9.59 Å². The van der Waals surface area contributed by atoms with Gasteiger partial charge in [-0.25, -0.2) is 4.79 Å². The van der Waals surface area contributed by atoms with E-state index in [1.807, 2.05) is 0 Å². The minimum absolute atomic E-state index is 0.0764. The Balaban J connectivity index is 2.63. The summed E-state index contributed by atoms with van der Waals surface area (Å²) in [5.41, 5.74) is 3.72. The van der Waals surface area contributed by atoms with Gasteiger partial charge < -0.3 is 15.4 Å². The molecule has 1 heterocycles. The summed E-state index contributed by atoms with van der Waals surface area (Å²) >= 11 is 0. The molecule has 2 rings (SSSR count). The Labute approximate surface area is 85.0 Å². The molecule has 6 nitrogen and oxygen atoms in total. The minimum Gasteiger partial charge on any atom is -0.480 e. The van der Waals surface area contributed by atoms with Crippen molar-refractivity contribution in [3.8, 4) is 0 Å². The third-order valence-corrected chi connectivity index (χ3v) is 2.83. The van der Waals surface area contributed by atoms with Gasteiger partial charge in [-0.05, 0) is 12.8 Å². The van der Waals surface area contributed by atoms with Gasteiger partial charge in [-0.2, -0.15) is 5.16 Å². The van der Waals surface area contributed by atoms with Crippen LogP contribution in [0.15, 0.2) is 9.32 Å². The summed E-state index contributed by atoms with van der Waals surface area (Å²) < 4.78 is 4.93. The van der Waals surface area contributed by atoms with Crippen molar-refractivity contribution in [1.82, 2.24) is 5.16 Å². The van der Waals surface area contributed by atoms with Crippen molar-refractivity contribution in [2.45, 2.75) is 31.2 Å². The van der Waals surface area contributed by atoms with Gasteiger partial charge in [-0.1, -0.05) is 6.42 Å². The number of carboxylic acids is 1. The van der Waals surface area contributed by atoms with Crippen LogP contribution in [0.5, 0.6) is 0 Å². The summed E-state index contributed by atoms with van der Waals surface area (Å²) in [7, 11) is 0. The SMILES string of the molecule is NC1(C(=O)O)CCCCc2o[nH]c(=O)c21. The van der Waals surface area contributed by atoms with Gasteiger partial charge in [0.1, 0.15) is 11.3 Å². The maximum Gasteiger partial charge on any atom is 0.328 e. The first-order valence-electron chi connectivity index (χ1n) is 4.79. The summed E-state index contributed by atoms with van der Waals surface area (Å²) in [5.74, 6) is -0.806. The van der Waals surface area contributed by atoms with Crippen molar-refractivity contribution >= 4 is 5.97 Å². The van der Waals surface area contributed by atoms with E-state index < -0.39 is 17.1 Å². The van der Waals surface area contributed by atoms with Crippen LogP contribution in [0.3, 0.4) is 0 Å². The van der Waals surface area contributed by atoms with Crippen molar-refractivity contribution in [2.75, 3.05) is 0 Å². The average Bonchev–Trinajstić information content (AvgIpc) is 2.44. The Morgan fingerprint density at radius 1 is 1.53 bits per heavy atom. The number of H-pyrrole nitrogens is 1. The topological polar surface area (TPSA) is 109 Å². The molecule has 1 atom stereocenters. The highest BCUT2D eigenvalue weighted by Crippen LogP contribution is 2.29. The number of aromatic amines is 1. The van der Waals surface area contributed by atoms with Crippen molar-refractivity contribution in [2.24, 2.45) is 5.73 Å². The summed E-state index contributed by atoms with van der Waals surface area (Å²) in [5, 5.41) is 11.2. The van der Waals surface area contributed by atoms with Crippen LogP contribution >= 0.6 is 0 Å². The zero-order chi connectivity index (χ0) is 11.1. The van der Waals surface area contributed by atoms with Crippen LogP contribution in [-0.4, -0.2) is 16.2 Å². The number of aromatic nitrogens is 1. The summed E-state index contributed by atoms with van der Waals surface area (Å²) in [6.07, 6.45) is 2.27. The van der Waals surface area contributed by atoms with Crippen LogP contribution in [-0.2, 0) is 16.8 Å². The lowest BCUT2D eigenvalue weighted by Crippen LogP contribution is -2.47. The first kappa shape index (κ1) is 9.97. The Hall–Kier alpha value is -1.56. The second-order valence-electron chi connectivity index (χ2n) is 3.82. The molecule has 6 heteroatoms. The fourth-order valence-electron chi connectivity index (χ4n) is 1.99. The summed E-state index contributed by atoms with van der Waals surface area (Å²) in [4.78, 5) is 22.6. The Morgan fingerprint density at radius 3 is 2.93 bits per heavy atom. The molecule has 1 unspecified atom stereocenters. The molecule has 0 aromatic carbocycles. The molecule has 0 radical (unpaired) electrons. The molecular formula is C9H12N2O4. The summed E-state index contributed by atoms with van der Waals surface area (Å²) in [6, 6.07) is 0. The zero-order valence-corrected chi connectivity index (χ0v) is 8.08. The van der Waals surface area contributed by atoms with Crippen LogP contribution in [0.1, 0.15) is 30.6 Å². The quantitative estimate of drug-likeness (QED) is 0.564. The smallest absolute Gasteiger partial charge is 0.328 e. The van der Waals surface area contributed by atoms with E-state index in [2.05, 4.69) is 5.16 Å². The third-order valence-electron chi connectivity index (χ3n) is 2.83. The van der Waals surface area contributed by atoms with Crippen LogP contribution in [0, 0.1) is 0 Å². The molecule has 0 saturated heterocycles. The fraction of sp³-hybridized carbons (Fsp3) is 0.556. The first-order chi connectivity index (χ1) is 7.05. The van der Waals surface area contributed by atoms with Gasteiger partial charge in [0.05, 0.1) is 5.56 Å². The van der Waals surface area contributed by atoms with E-state index >= 15 is 0 Å². The molecule has 0 saturated carbocycles. The third kappa shape index (κ3) is 1.37. The van der Waals surface area contributed by atoms with Crippen LogP contribution in [0.2, 0.25) is 0 Å². The maximum atomic E-state index is 11.4. The molecule has 1 aromatic rings. The second-order valence-corrected chi connectivity index (χ2v) is 3.82. The monoisotopic (exact) mass is 212 g/mol. The average molecular weight is 212 g/mol. The van der Waals surface area contributed by atoms with E-state index in [0.717, 1.165) is 6.42 Å². The van der Waals surface area contributed by atoms with Crippen LogP contribution in [0.4, 0.5) is 0 Å². The van der Waals surface area contributed by atoms with E-state index in [1.54, 1.807) is 0 Å². The number of carbonyl (C=O) groups is 1. The number of aryl methyl sites for hydroxylation is 1. The molecule has 1 aromatic heterocycles. The lowest BCUT2D eigenvalue weighted by Gasteiger charge is -2.20. The normalized spacial score (nSPS) is 25.7. The van der Waals surface area contributed by atoms with E-state index in [-0.39, 0.29) is 12.0 Å². The standard InChI is InChI=1S/C9H12N2O4/c10-9(8(13)14)4-2-1-3-5-6(9)7(12)11-15-5/h1-4,10H2,(H,11,12)(H,13,14).